The molecule has 0 fully saturated rings. The molecule has 7 rings (SSSR count). The topological polar surface area (TPSA) is 0 Å². The van der Waals surface area contributed by atoms with E-state index in [9.17, 15) is 8.78 Å². The van der Waals surface area contributed by atoms with Crippen LogP contribution >= 0.6 is 11.6 Å². The highest BCUT2D eigenvalue weighted by atomic mass is 35.5. The van der Waals surface area contributed by atoms with E-state index in [-0.39, 0.29) is 11.6 Å². The van der Waals surface area contributed by atoms with Gasteiger partial charge < -0.3 is 0 Å². The normalized spacial score (nSPS) is 13.1. The lowest BCUT2D eigenvalue weighted by Crippen LogP contribution is -2.29. The van der Waals surface area contributed by atoms with Crippen molar-refractivity contribution in [2.45, 2.75) is 5.41 Å². The van der Waals surface area contributed by atoms with Crippen molar-refractivity contribution < 1.29 is 8.78 Å². The third kappa shape index (κ3) is 3.79. The molecule has 0 saturated heterocycles. The maximum atomic E-state index is 14.3. The van der Waals surface area contributed by atoms with Gasteiger partial charge in [-0.3, -0.25) is 0 Å². The van der Waals surface area contributed by atoms with Crippen molar-refractivity contribution in [3.05, 3.63) is 178 Å². The van der Waals surface area contributed by atoms with Gasteiger partial charge in [0.25, 0.3) is 0 Å². The zero-order chi connectivity index (χ0) is 27.3. The van der Waals surface area contributed by atoms with Crippen LogP contribution in [0.4, 0.5) is 8.78 Å². The summed E-state index contributed by atoms with van der Waals surface area (Å²) in [5, 5.41) is 0.686. The summed E-state index contributed by atoms with van der Waals surface area (Å²) in [4.78, 5) is 0. The maximum Gasteiger partial charge on any atom is 0.123 e. The van der Waals surface area contributed by atoms with Crippen LogP contribution < -0.4 is 0 Å². The number of fused-ring (bicyclic) bond motifs is 3. The van der Waals surface area contributed by atoms with Gasteiger partial charge in [-0.25, -0.2) is 8.78 Å². The molecule has 0 atom stereocenters. The minimum atomic E-state index is -0.782. The lowest BCUT2D eigenvalue weighted by Gasteiger charge is -2.35. The Morgan fingerprint density at radius 3 is 1.65 bits per heavy atom. The first-order chi connectivity index (χ1) is 19.6. The van der Waals surface area contributed by atoms with Gasteiger partial charge in [0.05, 0.1) is 5.41 Å². The van der Waals surface area contributed by atoms with Crippen molar-refractivity contribution in [3.8, 4) is 33.4 Å². The van der Waals surface area contributed by atoms with Gasteiger partial charge in [-0.2, -0.15) is 0 Å². The minimum absolute atomic E-state index is 0.299. The molecule has 0 aliphatic heterocycles. The summed E-state index contributed by atoms with van der Waals surface area (Å²) in [5.41, 5.74) is 9.66. The van der Waals surface area contributed by atoms with Crippen LogP contribution in [0.15, 0.2) is 140 Å². The second-order valence-corrected chi connectivity index (χ2v) is 10.6. The molecule has 40 heavy (non-hydrogen) atoms. The monoisotopic (exact) mass is 540 g/mol. The Morgan fingerprint density at radius 1 is 0.450 bits per heavy atom. The van der Waals surface area contributed by atoms with Crippen LogP contribution in [0.5, 0.6) is 0 Å². The van der Waals surface area contributed by atoms with Crippen LogP contribution in [0.25, 0.3) is 33.4 Å². The van der Waals surface area contributed by atoms with Gasteiger partial charge >= 0.3 is 0 Å². The Kier molecular flexibility index (Phi) is 5.87. The minimum Gasteiger partial charge on any atom is -0.207 e. The molecule has 0 saturated carbocycles. The van der Waals surface area contributed by atoms with Gasteiger partial charge in [-0.1, -0.05) is 109 Å². The quantitative estimate of drug-likeness (QED) is 0.208. The molecule has 3 heteroatoms. The highest BCUT2D eigenvalue weighted by Crippen LogP contribution is 2.58. The molecule has 6 aromatic rings. The van der Waals surface area contributed by atoms with Crippen LogP contribution in [0.1, 0.15) is 22.3 Å². The van der Waals surface area contributed by atoms with E-state index < -0.39 is 5.41 Å². The Bertz CT molecular complexity index is 1830. The largest absolute Gasteiger partial charge is 0.207 e. The molecular formula is C37H23ClF2. The Balaban J connectivity index is 1.57. The van der Waals surface area contributed by atoms with Crippen molar-refractivity contribution in [3.63, 3.8) is 0 Å². The zero-order valence-corrected chi connectivity index (χ0v) is 22.2. The summed E-state index contributed by atoms with van der Waals surface area (Å²) in [6.45, 7) is 0. The molecule has 0 heterocycles. The second kappa shape index (κ2) is 9.59. The summed E-state index contributed by atoms with van der Waals surface area (Å²) in [5.74, 6) is -0.598. The van der Waals surface area contributed by atoms with Gasteiger partial charge in [-0.05, 0) is 98.1 Å². The van der Waals surface area contributed by atoms with Gasteiger partial charge in [0.15, 0.2) is 0 Å². The van der Waals surface area contributed by atoms with E-state index in [1.807, 2.05) is 54.6 Å². The molecular weight excluding hydrogens is 518 g/mol. The Labute approximate surface area is 237 Å². The number of hydrogen-bond donors (Lipinski definition) is 0. The summed E-state index contributed by atoms with van der Waals surface area (Å²) in [6, 6.07) is 44.4. The van der Waals surface area contributed by atoms with Gasteiger partial charge in [-0.15, -0.1) is 0 Å². The fourth-order valence-electron chi connectivity index (χ4n) is 6.30. The van der Waals surface area contributed by atoms with Gasteiger partial charge in [0.1, 0.15) is 11.6 Å². The summed E-state index contributed by atoms with van der Waals surface area (Å²) in [7, 11) is 0. The molecule has 1 aliphatic carbocycles. The fraction of sp³-hybridized carbons (Fsp3) is 0.0270. The zero-order valence-electron chi connectivity index (χ0n) is 21.4. The Hall–Kier alpha value is -4.53. The second-order valence-electron chi connectivity index (χ2n) is 10.1. The molecule has 6 aromatic carbocycles. The lowest BCUT2D eigenvalue weighted by molar-refractivity contribution is 0.622. The van der Waals surface area contributed by atoms with Crippen molar-refractivity contribution in [2.24, 2.45) is 0 Å². The molecule has 0 amide bonds. The summed E-state index contributed by atoms with van der Waals surface area (Å²) in [6.07, 6.45) is 0. The predicted molar refractivity (Wildman–Crippen MR) is 160 cm³/mol. The molecule has 0 unspecified atom stereocenters. The first-order valence-electron chi connectivity index (χ1n) is 13.2. The number of rotatable bonds is 4. The van der Waals surface area contributed by atoms with E-state index in [1.54, 1.807) is 0 Å². The first-order valence-corrected chi connectivity index (χ1v) is 13.6. The molecule has 0 radical (unpaired) electrons. The average molecular weight is 541 g/mol. The lowest BCUT2D eigenvalue weighted by atomic mass is 9.66. The van der Waals surface area contributed by atoms with E-state index in [1.165, 1.54) is 24.3 Å². The highest BCUT2D eigenvalue weighted by Gasteiger charge is 2.47. The van der Waals surface area contributed by atoms with Crippen molar-refractivity contribution in [1.82, 2.24) is 0 Å². The van der Waals surface area contributed by atoms with Crippen LogP contribution in [-0.2, 0) is 5.41 Å². The van der Waals surface area contributed by atoms with Crippen molar-refractivity contribution in [2.75, 3.05) is 0 Å². The third-order valence-corrected chi connectivity index (χ3v) is 8.18. The van der Waals surface area contributed by atoms with Crippen molar-refractivity contribution >= 4 is 11.6 Å². The van der Waals surface area contributed by atoms with Gasteiger partial charge in [0.2, 0.25) is 0 Å². The van der Waals surface area contributed by atoms with Crippen LogP contribution in [0.2, 0.25) is 5.02 Å². The van der Waals surface area contributed by atoms with Crippen molar-refractivity contribution in [1.29, 1.82) is 0 Å². The van der Waals surface area contributed by atoms with Crippen LogP contribution in [-0.4, -0.2) is 0 Å². The molecule has 0 N–H and O–H groups in total. The van der Waals surface area contributed by atoms with Gasteiger partial charge in [0, 0.05) is 5.02 Å². The Morgan fingerprint density at radius 2 is 0.975 bits per heavy atom. The molecule has 0 spiro atoms. The van der Waals surface area contributed by atoms with Crippen LogP contribution in [0.3, 0.4) is 0 Å². The smallest absolute Gasteiger partial charge is 0.123 e. The predicted octanol–water partition coefficient (Wildman–Crippen LogP) is 10.3. The molecule has 0 aromatic heterocycles. The number of benzene rings is 6. The van der Waals surface area contributed by atoms with E-state index in [4.69, 9.17) is 11.6 Å². The van der Waals surface area contributed by atoms with Crippen LogP contribution in [0, 0.1) is 11.6 Å². The first kappa shape index (κ1) is 24.5. The van der Waals surface area contributed by atoms with E-state index in [0.717, 1.165) is 55.6 Å². The SMILES string of the molecule is Fc1ccc(C2(c3ccc(F)cc3)c3ccccc3-c3cccc(-c4cccc(-c5cccc(Cl)c5)c4)c32)cc1. The molecule has 192 valence electrons. The standard InChI is InChI=1S/C37H23ClF2/c38-29-9-4-7-25(23-29)24-6-3-8-26(22-24)32-11-5-12-34-33-10-1-2-13-35(33)37(36(32)34,27-14-18-30(39)19-15-27)28-16-20-31(40)21-17-28/h1-23H. The third-order valence-electron chi connectivity index (χ3n) is 7.95. The molecule has 0 nitrogen and oxygen atoms in total. The fourth-order valence-corrected chi connectivity index (χ4v) is 6.49. The maximum absolute atomic E-state index is 14.3. The number of halogens is 3. The summed E-state index contributed by atoms with van der Waals surface area (Å²) >= 11 is 6.32. The van der Waals surface area contributed by atoms with E-state index in [2.05, 4.69) is 60.7 Å². The van der Waals surface area contributed by atoms with E-state index >= 15 is 0 Å². The highest BCUT2D eigenvalue weighted by molar-refractivity contribution is 6.30. The van der Waals surface area contributed by atoms with E-state index in [0.29, 0.717) is 5.02 Å². The summed E-state index contributed by atoms with van der Waals surface area (Å²) < 4.78 is 28.5. The molecule has 0 bridgehead atoms. The molecule has 1 aliphatic rings. The number of hydrogen-bond acceptors (Lipinski definition) is 0. The average Bonchev–Trinajstić information content (AvgIpc) is 3.29.